The molecule has 0 amide bonds. The zero-order valence-electron chi connectivity index (χ0n) is 14.8. The van der Waals surface area contributed by atoms with Crippen molar-refractivity contribution in [2.24, 2.45) is 0 Å². The van der Waals surface area contributed by atoms with Crippen molar-refractivity contribution >= 4 is 17.6 Å². The van der Waals surface area contributed by atoms with E-state index in [9.17, 15) is 4.79 Å². The molecule has 0 aliphatic heterocycles. The van der Waals surface area contributed by atoms with E-state index in [4.69, 9.17) is 25.8 Å². The minimum absolute atomic E-state index is 0.139. The lowest BCUT2D eigenvalue weighted by Gasteiger charge is -2.07. The van der Waals surface area contributed by atoms with Crippen LogP contribution in [0.5, 0.6) is 11.5 Å². The molecule has 3 rings (SSSR count). The minimum Gasteiger partial charge on any atom is -0.493 e. The largest absolute Gasteiger partial charge is 0.493 e. The summed E-state index contributed by atoms with van der Waals surface area (Å²) < 4.78 is 17.7. The van der Waals surface area contributed by atoms with Gasteiger partial charge in [0, 0.05) is 11.4 Å². The van der Waals surface area contributed by atoms with Crippen molar-refractivity contribution in [1.82, 2.24) is 9.78 Å². The topological polar surface area (TPSA) is 62.6 Å². The van der Waals surface area contributed by atoms with Crippen LogP contribution in [0.1, 0.15) is 16.9 Å². The number of carbonyl (C=O) groups excluding carboxylic acids is 1. The van der Waals surface area contributed by atoms with Crippen LogP contribution in [0.15, 0.2) is 60.8 Å². The van der Waals surface area contributed by atoms with Crippen molar-refractivity contribution in [2.75, 3.05) is 20.3 Å². The van der Waals surface area contributed by atoms with Gasteiger partial charge < -0.3 is 14.2 Å². The smallest absolute Gasteiger partial charge is 0.362 e. The van der Waals surface area contributed by atoms with E-state index in [-0.39, 0.29) is 5.69 Å². The van der Waals surface area contributed by atoms with Gasteiger partial charge in [-0.2, -0.15) is 5.10 Å². The van der Waals surface area contributed by atoms with Crippen LogP contribution in [0, 0.1) is 0 Å². The number of hydrogen-bond acceptors (Lipinski definition) is 5. The standard InChI is InChI=1S/C20H19ClN2O4/c1-25-20(24)19-18(14-23(22-19)16-6-3-2-4-7-16)27-13-5-12-26-17-10-8-15(21)9-11-17/h2-4,6-11,14H,5,12-13H2,1H3. The number of nitrogens with zero attached hydrogens (tertiary/aromatic N) is 2. The Labute approximate surface area is 162 Å². The molecule has 0 saturated heterocycles. The summed E-state index contributed by atoms with van der Waals surface area (Å²) in [6, 6.07) is 16.6. The highest BCUT2D eigenvalue weighted by Crippen LogP contribution is 2.21. The highest BCUT2D eigenvalue weighted by molar-refractivity contribution is 6.30. The molecule has 3 aromatic rings. The van der Waals surface area contributed by atoms with Gasteiger partial charge in [-0.3, -0.25) is 0 Å². The maximum atomic E-state index is 12.0. The Hall–Kier alpha value is -2.99. The maximum Gasteiger partial charge on any atom is 0.362 e. The third kappa shape index (κ3) is 5.01. The number of ether oxygens (including phenoxy) is 3. The van der Waals surface area contributed by atoms with Crippen LogP contribution in [0.25, 0.3) is 5.69 Å². The molecule has 0 radical (unpaired) electrons. The van der Waals surface area contributed by atoms with Crippen LogP contribution in [-0.4, -0.2) is 36.1 Å². The lowest BCUT2D eigenvalue weighted by atomic mass is 10.3. The third-order valence-corrected chi connectivity index (χ3v) is 3.96. The molecular formula is C20H19ClN2O4. The molecule has 140 valence electrons. The maximum absolute atomic E-state index is 12.0. The van der Waals surface area contributed by atoms with Crippen molar-refractivity contribution in [3.8, 4) is 17.2 Å². The number of halogens is 1. The number of benzene rings is 2. The summed E-state index contributed by atoms with van der Waals surface area (Å²) in [7, 11) is 1.31. The average Bonchev–Trinajstić information content (AvgIpc) is 3.13. The minimum atomic E-state index is -0.544. The summed E-state index contributed by atoms with van der Waals surface area (Å²) in [5, 5.41) is 4.94. The zero-order chi connectivity index (χ0) is 19.1. The van der Waals surface area contributed by atoms with E-state index in [0.29, 0.717) is 30.4 Å². The van der Waals surface area contributed by atoms with E-state index in [1.807, 2.05) is 42.5 Å². The Morgan fingerprint density at radius 3 is 2.44 bits per heavy atom. The van der Waals surface area contributed by atoms with Gasteiger partial charge in [0.15, 0.2) is 5.75 Å². The summed E-state index contributed by atoms with van der Waals surface area (Å²) in [6.45, 7) is 0.847. The highest BCUT2D eigenvalue weighted by Gasteiger charge is 2.19. The van der Waals surface area contributed by atoms with Crippen LogP contribution < -0.4 is 9.47 Å². The fourth-order valence-electron chi connectivity index (χ4n) is 2.38. The molecule has 0 unspecified atom stereocenters. The Bertz CT molecular complexity index is 879. The van der Waals surface area contributed by atoms with Gasteiger partial charge in [0.2, 0.25) is 5.69 Å². The molecule has 0 fully saturated rings. The van der Waals surface area contributed by atoms with E-state index >= 15 is 0 Å². The fraction of sp³-hybridized carbons (Fsp3) is 0.200. The lowest BCUT2D eigenvalue weighted by molar-refractivity contribution is 0.0588. The molecule has 1 aromatic heterocycles. The van der Waals surface area contributed by atoms with Gasteiger partial charge in [0.25, 0.3) is 0 Å². The van der Waals surface area contributed by atoms with Crippen LogP contribution in [0.4, 0.5) is 0 Å². The number of carbonyl (C=O) groups is 1. The Morgan fingerprint density at radius 2 is 1.74 bits per heavy atom. The molecule has 0 atom stereocenters. The summed E-state index contributed by atoms with van der Waals surface area (Å²) in [5.74, 6) is 0.570. The van der Waals surface area contributed by atoms with Crippen molar-refractivity contribution in [3.63, 3.8) is 0 Å². The van der Waals surface area contributed by atoms with Gasteiger partial charge in [-0.25, -0.2) is 9.48 Å². The number of esters is 1. The van der Waals surface area contributed by atoms with Crippen LogP contribution in [0.2, 0.25) is 5.02 Å². The van der Waals surface area contributed by atoms with Crippen LogP contribution in [0.3, 0.4) is 0 Å². The molecule has 0 N–H and O–H groups in total. The highest BCUT2D eigenvalue weighted by atomic mass is 35.5. The van der Waals surface area contributed by atoms with E-state index in [2.05, 4.69) is 5.10 Å². The monoisotopic (exact) mass is 386 g/mol. The molecule has 0 spiro atoms. The number of aromatic nitrogens is 2. The first-order valence-electron chi connectivity index (χ1n) is 8.42. The molecule has 0 aliphatic carbocycles. The second-order valence-corrected chi connectivity index (χ2v) is 6.05. The number of para-hydroxylation sites is 1. The second-order valence-electron chi connectivity index (χ2n) is 5.62. The van der Waals surface area contributed by atoms with Crippen molar-refractivity contribution in [3.05, 3.63) is 71.5 Å². The van der Waals surface area contributed by atoms with Gasteiger partial charge in [-0.15, -0.1) is 0 Å². The summed E-state index contributed by atoms with van der Waals surface area (Å²) in [4.78, 5) is 12.0. The Kier molecular flexibility index (Phi) is 6.33. The molecule has 27 heavy (non-hydrogen) atoms. The molecule has 0 saturated carbocycles. The van der Waals surface area contributed by atoms with Crippen molar-refractivity contribution < 1.29 is 19.0 Å². The second kappa shape index (κ2) is 9.09. The third-order valence-electron chi connectivity index (χ3n) is 3.71. The first-order chi connectivity index (χ1) is 13.2. The van der Waals surface area contributed by atoms with Gasteiger partial charge in [0.1, 0.15) is 5.75 Å². The zero-order valence-corrected chi connectivity index (χ0v) is 15.6. The van der Waals surface area contributed by atoms with Gasteiger partial charge in [-0.05, 0) is 36.4 Å². The SMILES string of the molecule is COC(=O)c1nn(-c2ccccc2)cc1OCCCOc1ccc(Cl)cc1. The van der Waals surface area contributed by atoms with Crippen molar-refractivity contribution in [2.45, 2.75) is 6.42 Å². The van der Waals surface area contributed by atoms with E-state index in [0.717, 1.165) is 11.4 Å². The molecule has 6 nitrogen and oxygen atoms in total. The fourth-order valence-corrected chi connectivity index (χ4v) is 2.50. The van der Waals surface area contributed by atoms with Gasteiger partial charge in [0.05, 0.1) is 32.2 Å². The predicted octanol–water partition coefficient (Wildman–Crippen LogP) is 4.16. The average molecular weight is 387 g/mol. The normalized spacial score (nSPS) is 10.4. The molecular weight excluding hydrogens is 368 g/mol. The molecule has 0 aliphatic rings. The predicted molar refractivity (Wildman–Crippen MR) is 102 cm³/mol. The van der Waals surface area contributed by atoms with Crippen LogP contribution >= 0.6 is 11.6 Å². The van der Waals surface area contributed by atoms with Gasteiger partial charge in [-0.1, -0.05) is 29.8 Å². The number of hydrogen-bond donors (Lipinski definition) is 0. The molecule has 0 bridgehead atoms. The number of methoxy groups -OCH3 is 1. The Morgan fingerprint density at radius 1 is 1.04 bits per heavy atom. The summed E-state index contributed by atoms with van der Waals surface area (Å²) >= 11 is 5.84. The first kappa shape index (κ1) is 18.8. The molecule has 7 heteroatoms. The molecule has 1 heterocycles. The Balaban J connectivity index is 1.59. The quantitative estimate of drug-likeness (QED) is 0.429. The van der Waals surface area contributed by atoms with Gasteiger partial charge >= 0.3 is 5.97 Å². The van der Waals surface area contributed by atoms with Crippen molar-refractivity contribution in [1.29, 1.82) is 0 Å². The molecule has 2 aromatic carbocycles. The van der Waals surface area contributed by atoms with E-state index in [1.165, 1.54) is 7.11 Å². The first-order valence-corrected chi connectivity index (χ1v) is 8.80. The van der Waals surface area contributed by atoms with E-state index < -0.39 is 5.97 Å². The van der Waals surface area contributed by atoms with Crippen LogP contribution in [-0.2, 0) is 4.74 Å². The number of rotatable bonds is 8. The summed E-state index contributed by atoms with van der Waals surface area (Å²) in [5.41, 5.74) is 0.962. The van der Waals surface area contributed by atoms with E-state index in [1.54, 1.807) is 23.0 Å². The lowest BCUT2D eigenvalue weighted by Crippen LogP contribution is -2.08. The summed E-state index contributed by atoms with van der Waals surface area (Å²) in [6.07, 6.45) is 2.31.